The van der Waals surface area contributed by atoms with Crippen molar-refractivity contribution in [1.29, 1.82) is 0 Å². The maximum absolute atomic E-state index is 11.0. The average Bonchev–Trinajstić information content (AvgIpc) is 2.34. The van der Waals surface area contributed by atoms with Gasteiger partial charge in [-0.05, 0) is 12.0 Å². The van der Waals surface area contributed by atoms with Crippen LogP contribution >= 0.6 is 0 Å². The summed E-state index contributed by atoms with van der Waals surface area (Å²) in [5.74, 6) is -0.864. The second kappa shape index (κ2) is 7.85. The zero-order valence-corrected chi connectivity index (χ0v) is 10.3. The van der Waals surface area contributed by atoms with Crippen molar-refractivity contribution in [2.24, 2.45) is 0 Å². The van der Waals surface area contributed by atoms with E-state index in [2.05, 4.69) is 6.92 Å². The monoisotopic (exact) mass is 236 g/mol. The molecule has 0 bridgehead atoms. The molecule has 1 aromatic carbocycles. The first-order valence-corrected chi connectivity index (χ1v) is 6.12. The summed E-state index contributed by atoms with van der Waals surface area (Å²) in [7, 11) is 0. The summed E-state index contributed by atoms with van der Waals surface area (Å²) in [6.07, 6.45) is 2.96. The molecule has 0 fully saturated rings. The average molecular weight is 236 g/mol. The van der Waals surface area contributed by atoms with E-state index in [4.69, 9.17) is 9.84 Å². The van der Waals surface area contributed by atoms with Crippen LogP contribution in [0.3, 0.4) is 0 Å². The van der Waals surface area contributed by atoms with Gasteiger partial charge in [0.1, 0.15) is 0 Å². The minimum atomic E-state index is -0.864. The fraction of sp³-hybridized carbons (Fsp3) is 0.500. The van der Waals surface area contributed by atoms with Crippen molar-refractivity contribution < 1.29 is 14.6 Å². The number of unbranched alkanes of at least 4 members (excludes halogenated alkanes) is 2. The Balaban J connectivity index is 2.36. The van der Waals surface area contributed by atoms with Gasteiger partial charge in [-0.15, -0.1) is 0 Å². The molecular formula is C14H20O3. The van der Waals surface area contributed by atoms with Crippen LogP contribution in [0, 0.1) is 0 Å². The molecule has 0 saturated heterocycles. The smallest absolute Gasteiger partial charge is 0.332 e. The summed E-state index contributed by atoms with van der Waals surface area (Å²) in [6.45, 7) is 2.46. The molecular weight excluding hydrogens is 216 g/mol. The first-order chi connectivity index (χ1) is 8.24. The van der Waals surface area contributed by atoms with Crippen LogP contribution in [0.25, 0.3) is 0 Å². The zero-order chi connectivity index (χ0) is 12.5. The van der Waals surface area contributed by atoms with Crippen molar-refractivity contribution in [3.05, 3.63) is 35.9 Å². The van der Waals surface area contributed by atoms with Gasteiger partial charge in [0.2, 0.25) is 0 Å². The molecule has 1 aromatic rings. The van der Waals surface area contributed by atoms with Gasteiger partial charge in [0, 0.05) is 0 Å². The Bertz CT molecular complexity index is 321. The number of carboxylic acids is 1. The second-order valence-corrected chi connectivity index (χ2v) is 4.12. The van der Waals surface area contributed by atoms with Gasteiger partial charge in [0.05, 0.1) is 6.61 Å². The molecule has 0 aliphatic carbocycles. The lowest BCUT2D eigenvalue weighted by molar-refractivity contribution is -0.151. The summed E-state index contributed by atoms with van der Waals surface area (Å²) in [5.41, 5.74) is 1.01. The Morgan fingerprint density at radius 2 is 2.00 bits per heavy atom. The molecule has 1 atom stereocenters. The van der Waals surface area contributed by atoms with Crippen LogP contribution in [-0.2, 0) is 16.1 Å². The Kier molecular flexibility index (Phi) is 6.33. The van der Waals surface area contributed by atoms with Gasteiger partial charge >= 0.3 is 5.97 Å². The van der Waals surface area contributed by atoms with E-state index in [1.807, 2.05) is 30.3 Å². The maximum atomic E-state index is 11.0. The first-order valence-electron chi connectivity index (χ1n) is 6.12. The van der Waals surface area contributed by atoms with Gasteiger partial charge in [0.15, 0.2) is 6.10 Å². The first kappa shape index (κ1) is 13.7. The molecule has 1 rings (SSSR count). The van der Waals surface area contributed by atoms with Crippen LogP contribution in [0.1, 0.15) is 38.2 Å². The number of ether oxygens (including phenoxy) is 1. The van der Waals surface area contributed by atoms with Crippen LogP contribution in [0.15, 0.2) is 30.3 Å². The Morgan fingerprint density at radius 3 is 2.59 bits per heavy atom. The van der Waals surface area contributed by atoms with E-state index in [9.17, 15) is 4.79 Å². The van der Waals surface area contributed by atoms with Crippen molar-refractivity contribution in [3.8, 4) is 0 Å². The van der Waals surface area contributed by atoms with Crippen LogP contribution in [0.5, 0.6) is 0 Å². The number of carbonyl (C=O) groups is 1. The third kappa shape index (κ3) is 5.50. The fourth-order valence-corrected chi connectivity index (χ4v) is 1.63. The minimum absolute atomic E-state index is 0.365. The number of benzene rings is 1. The third-order valence-electron chi connectivity index (χ3n) is 2.64. The number of carboxylic acid groups (broad SMARTS) is 1. The van der Waals surface area contributed by atoms with Gasteiger partial charge in [0.25, 0.3) is 0 Å². The molecule has 0 aromatic heterocycles. The Labute approximate surface area is 102 Å². The highest BCUT2D eigenvalue weighted by atomic mass is 16.5. The molecule has 0 aliphatic rings. The van der Waals surface area contributed by atoms with E-state index in [1.165, 1.54) is 0 Å². The van der Waals surface area contributed by atoms with Crippen molar-refractivity contribution in [1.82, 2.24) is 0 Å². The van der Waals surface area contributed by atoms with E-state index in [0.29, 0.717) is 13.0 Å². The summed E-state index contributed by atoms with van der Waals surface area (Å²) in [6, 6.07) is 9.65. The van der Waals surface area contributed by atoms with Gasteiger partial charge in [-0.2, -0.15) is 0 Å². The third-order valence-corrected chi connectivity index (χ3v) is 2.64. The molecule has 3 heteroatoms. The minimum Gasteiger partial charge on any atom is -0.479 e. The molecule has 1 unspecified atom stereocenters. The molecule has 0 radical (unpaired) electrons. The van der Waals surface area contributed by atoms with Crippen LogP contribution in [0.4, 0.5) is 0 Å². The molecule has 0 amide bonds. The fourth-order valence-electron chi connectivity index (χ4n) is 1.63. The van der Waals surface area contributed by atoms with E-state index in [1.54, 1.807) is 0 Å². The second-order valence-electron chi connectivity index (χ2n) is 4.12. The highest BCUT2D eigenvalue weighted by Gasteiger charge is 2.17. The summed E-state index contributed by atoms with van der Waals surface area (Å²) in [5, 5.41) is 9.03. The standard InChI is InChI=1S/C14H20O3/c1-2-3-5-10-13(14(15)16)17-11-12-8-6-4-7-9-12/h4,6-9,13H,2-3,5,10-11H2,1H3,(H,15,16). The molecule has 17 heavy (non-hydrogen) atoms. The van der Waals surface area contributed by atoms with Gasteiger partial charge in [-0.3, -0.25) is 0 Å². The molecule has 0 spiro atoms. The predicted octanol–water partition coefficient (Wildman–Crippen LogP) is 3.24. The zero-order valence-electron chi connectivity index (χ0n) is 10.3. The summed E-state index contributed by atoms with van der Waals surface area (Å²) < 4.78 is 5.44. The Hall–Kier alpha value is -1.35. The van der Waals surface area contributed by atoms with Crippen molar-refractivity contribution in [2.75, 3.05) is 0 Å². The number of hydrogen-bond acceptors (Lipinski definition) is 2. The lowest BCUT2D eigenvalue weighted by Crippen LogP contribution is -2.23. The SMILES string of the molecule is CCCCCC(OCc1ccccc1)C(=O)O. The van der Waals surface area contributed by atoms with Crippen LogP contribution in [0.2, 0.25) is 0 Å². The number of aliphatic carboxylic acids is 1. The summed E-state index contributed by atoms with van der Waals surface area (Å²) >= 11 is 0. The maximum Gasteiger partial charge on any atom is 0.332 e. The van der Waals surface area contributed by atoms with E-state index in [0.717, 1.165) is 24.8 Å². The van der Waals surface area contributed by atoms with Crippen LogP contribution < -0.4 is 0 Å². The van der Waals surface area contributed by atoms with E-state index < -0.39 is 12.1 Å². The van der Waals surface area contributed by atoms with Gasteiger partial charge < -0.3 is 9.84 Å². The quantitative estimate of drug-likeness (QED) is 0.705. The molecule has 0 heterocycles. The lowest BCUT2D eigenvalue weighted by Gasteiger charge is -2.13. The topological polar surface area (TPSA) is 46.5 Å². The lowest BCUT2D eigenvalue weighted by atomic mass is 10.1. The molecule has 94 valence electrons. The number of rotatable bonds is 8. The number of hydrogen-bond donors (Lipinski definition) is 1. The summed E-state index contributed by atoms with van der Waals surface area (Å²) in [4.78, 5) is 11.0. The normalized spacial score (nSPS) is 12.3. The van der Waals surface area contributed by atoms with Gasteiger partial charge in [-0.25, -0.2) is 4.79 Å². The molecule has 1 N–H and O–H groups in total. The van der Waals surface area contributed by atoms with Crippen LogP contribution in [-0.4, -0.2) is 17.2 Å². The Morgan fingerprint density at radius 1 is 1.29 bits per heavy atom. The predicted molar refractivity (Wildman–Crippen MR) is 66.8 cm³/mol. The largest absolute Gasteiger partial charge is 0.479 e. The highest BCUT2D eigenvalue weighted by molar-refractivity contribution is 5.72. The highest BCUT2D eigenvalue weighted by Crippen LogP contribution is 2.10. The van der Waals surface area contributed by atoms with E-state index >= 15 is 0 Å². The molecule has 0 aliphatic heterocycles. The van der Waals surface area contributed by atoms with Gasteiger partial charge in [-0.1, -0.05) is 56.5 Å². The molecule has 0 saturated carbocycles. The van der Waals surface area contributed by atoms with Crippen molar-refractivity contribution >= 4 is 5.97 Å². The van der Waals surface area contributed by atoms with Crippen molar-refractivity contribution in [2.45, 2.75) is 45.3 Å². The van der Waals surface area contributed by atoms with E-state index in [-0.39, 0.29) is 0 Å². The molecule has 3 nitrogen and oxygen atoms in total. The van der Waals surface area contributed by atoms with Crippen molar-refractivity contribution in [3.63, 3.8) is 0 Å².